The second-order valence-corrected chi connectivity index (χ2v) is 3.98. The average Bonchev–Trinajstić information content (AvgIpc) is 2.19. The summed E-state index contributed by atoms with van der Waals surface area (Å²) in [5, 5.41) is 2.86. The van der Waals surface area contributed by atoms with E-state index in [1.807, 2.05) is 0 Å². The Balaban J connectivity index is 2.53. The fourth-order valence-electron chi connectivity index (χ4n) is 1.43. The van der Waals surface area contributed by atoms with Crippen molar-refractivity contribution in [2.75, 3.05) is 7.05 Å². The zero-order chi connectivity index (χ0) is 12.2. The van der Waals surface area contributed by atoms with Crippen molar-refractivity contribution in [2.24, 2.45) is 0 Å². The SMILES string of the molecule is CNC(CCc1ccc(Cl)cc1)C(F)(F)F. The molecule has 1 unspecified atom stereocenters. The largest absolute Gasteiger partial charge is 0.403 e. The Bertz CT molecular complexity index is 321. The predicted octanol–water partition coefficient (Wildman–Crippen LogP) is 3.42. The molecule has 1 rings (SSSR count). The van der Waals surface area contributed by atoms with E-state index < -0.39 is 12.2 Å². The topological polar surface area (TPSA) is 12.0 Å². The molecule has 16 heavy (non-hydrogen) atoms. The van der Waals surface area contributed by atoms with E-state index in [2.05, 4.69) is 5.32 Å². The number of benzene rings is 1. The van der Waals surface area contributed by atoms with Gasteiger partial charge in [-0.3, -0.25) is 0 Å². The highest BCUT2D eigenvalue weighted by atomic mass is 35.5. The lowest BCUT2D eigenvalue weighted by molar-refractivity contribution is -0.155. The van der Waals surface area contributed by atoms with Crippen LogP contribution in [0.2, 0.25) is 5.02 Å². The Labute approximate surface area is 97.6 Å². The molecule has 0 spiro atoms. The van der Waals surface area contributed by atoms with Crippen LogP contribution < -0.4 is 5.32 Å². The fraction of sp³-hybridized carbons (Fsp3) is 0.455. The highest BCUT2D eigenvalue weighted by molar-refractivity contribution is 6.30. The highest BCUT2D eigenvalue weighted by Crippen LogP contribution is 2.23. The van der Waals surface area contributed by atoms with Gasteiger partial charge in [0.2, 0.25) is 0 Å². The summed E-state index contributed by atoms with van der Waals surface area (Å²) in [4.78, 5) is 0. The van der Waals surface area contributed by atoms with Crippen LogP contribution in [0.5, 0.6) is 0 Å². The van der Waals surface area contributed by atoms with Crippen molar-refractivity contribution in [1.82, 2.24) is 5.32 Å². The van der Waals surface area contributed by atoms with Crippen LogP contribution in [-0.4, -0.2) is 19.3 Å². The van der Waals surface area contributed by atoms with Crippen molar-refractivity contribution in [1.29, 1.82) is 0 Å². The number of rotatable bonds is 4. The summed E-state index contributed by atoms with van der Waals surface area (Å²) in [7, 11) is 1.32. The van der Waals surface area contributed by atoms with Gasteiger partial charge in [0, 0.05) is 5.02 Å². The van der Waals surface area contributed by atoms with Crippen molar-refractivity contribution in [3.8, 4) is 0 Å². The molecule has 0 saturated heterocycles. The summed E-state index contributed by atoms with van der Waals surface area (Å²) in [5.41, 5.74) is 0.855. The van der Waals surface area contributed by atoms with Crippen molar-refractivity contribution in [2.45, 2.75) is 25.1 Å². The molecule has 0 bridgehead atoms. The monoisotopic (exact) mass is 251 g/mol. The van der Waals surface area contributed by atoms with E-state index in [0.29, 0.717) is 11.4 Å². The third-order valence-electron chi connectivity index (χ3n) is 2.38. The molecule has 0 aromatic heterocycles. The summed E-state index contributed by atoms with van der Waals surface area (Å²) in [5.74, 6) is 0. The van der Waals surface area contributed by atoms with Crippen LogP contribution in [0.15, 0.2) is 24.3 Å². The Morgan fingerprint density at radius 1 is 1.25 bits per heavy atom. The highest BCUT2D eigenvalue weighted by Gasteiger charge is 2.37. The average molecular weight is 252 g/mol. The van der Waals surface area contributed by atoms with E-state index >= 15 is 0 Å². The molecular formula is C11H13ClF3N. The summed E-state index contributed by atoms with van der Waals surface area (Å²) in [6.45, 7) is 0. The molecule has 1 N–H and O–H groups in total. The van der Waals surface area contributed by atoms with Gasteiger partial charge in [0.05, 0.1) is 0 Å². The third-order valence-corrected chi connectivity index (χ3v) is 2.63. The van der Waals surface area contributed by atoms with E-state index in [0.717, 1.165) is 5.56 Å². The van der Waals surface area contributed by atoms with Gasteiger partial charge in [-0.15, -0.1) is 0 Å². The number of halogens is 4. The van der Waals surface area contributed by atoms with Crippen LogP contribution in [-0.2, 0) is 6.42 Å². The summed E-state index contributed by atoms with van der Waals surface area (Å²) < 4.78 is 37.2. The van der Waals surface area contributed by atoms with Crippen LogP contribution in [0.4, 0.5) is 13.2 Å². The Morgan fingerprint density at radius 3 is 2.25 bits per heavy atom. The van der Waals surface area contributed by atoms with Gasteiger partial charge in [0.1, 0.15) is 6.04 Å². The molecule has 0 fully saturated rings. The van der Waals surface area contributed by atoms with Crippen molar-refractivity contribution in [3.63, 3.8) is 0 Å². The van der Waals surface area contributed by atoms with Gasteiger partial charge in [-0.1, -0.05) is 23.7 Å². The second kappa shape index (κ2) is 5.55. The Morgan fingerprint density at radius 2 is 1.81 bits per heavy atom. The van der Waals surface area contributed by atoms with Gasteiger partial charge in [0.25, 0.3) is 0 Å². The Hall–Kier alpha value is -0.740. The molecular weight excluding hydrogens is 239 g/mol. The minimum Gasteiger partial charge on any atom is -0.309 e. The minimum absolute atomic E-state index is 0.0294. The van der Waals surface area contributed by atoms with E-state index in [4.69, 9.17) is 11.6 Å². The lowest BCUT2D eigenvalue weighted by Gasteiger charge is -2.19. The molecule has 0 amide bonds. The van der Waals surface area contributed by atoms with Crippen LogP contribution in [0, 0.1) is 0 Å². The Kier molecular flexibility index (Phi) is 4.62. The molecule has 5 heteroatoms. The third kappa shape index (κ3) is 4.02. The molecule has 0 saturated carbocycles. The lowest BCUT2D eigenvalue weighted by Crippen LogP contribution is -2.40. The van der Waals surface area contributed by atoms with Crippen LogP contribution in [0.3, 0.4) is 0 Å². The number of hydrogen-bond donors (Lipinski definition) is 1. The first-order valence-corrected chi connectivity index (χ1v) is 5.29. The van der Waals surface area contributed by atoms with Gasteiger partial charge in [0.15, 0.2) is 0 Å². The first-order chi connectivity index (χ1) is 7.43. The first-order valence-electron chi connectivity index (χ1n) is 4.92. The number of nitrogens with one attached hydrogen (secondary N) is 1. The van der Waals surface area contributed by atoms with Crippen molar-refractivity contribution < 1.29 is 13.2 Å². The maximum Gasteiger partial charge on any atom is 0.403 e. The fourth-order valence-corrected chi connectivity index (χ4v) is 1.56. The molecule has 0 heterocycles. The smallest absolute Gasteiger partial charge is 0.309 e. The zero-order valence-electron chi connectivity index (χ0n) is 8.81. The van der Waals surface area contributed by atoms with Crippen molar-refractivity contribution >= 4 is 11.6 Å². The zero-order valence-corrected chi connectivity index (χ0v) is 9.57. The van der Waals surface area contributed by atoms with E-state index in [1.165, 1.54) is 7.05 Å². The van der Waals surface area contributed by atoms with E-state index in [1.54, 1.807) is 24.3 Å². The quantitative estimate of drug-likeness (QED) is 0.865. The van der Waals surface area contributed by atoms with Crippen LogP contribution in [0.25, 0.3) is 0 Å². The normalized spacial score (nSPS) is 13.8. The molecule has 0 radical (unpaired) electrons. The van der Waals surface area contributed by atoms with Gasteiger partial charge < -0.3 is 5.32 Å². The van der Waals surface area contributed by atoms with Gasteiger partial charge in [-0.25, -0.2) is 0 Å². The molecule has 1 aromatic carbocycles. The predicted molar refractivity (Wildman–Crippen MR) is 58.7 cm³/mol. The van der Waals surface area contributed by atoms with Crippen LogP contribution >= 0.6 is 11.6 Å². The molecule has 1 aromatic rings. The number of alkyl halides is 3. The van der Waals surface area contributed by atoms with Gasteiger partial charge in [-0.05, 0) is 37.6 Å². The number of hydrogen-bond acceptors (Lipinski definition) is 1. The van der Waals surface area contributed by atoms with E-state index in [-0.39, 0.29) is 6.42 Å². The van der Waals surface area contributed by atoms with Gasteiger partial charge >= 0.3 is 6.18 Å². The van der Waals surface area contributed by atoms with Gasteiger partial charge in [-0.2, -0.15) is 13.2 Å². The molecule has 1 atom stereocenters. The first kappa shape index (κ1) is 13.3. The maximum atomic E-state index is 12.4. The van der Waals surface area contributed by atoms with Crippen molar-refractivity contribution in [3.05, 3.63) is 34.9 Å². The second-order valence-electron chi connectivity index (χ2n) is 3.55. The molecule has 90 valence electrons. The maximum absolute atomic E-state index is 12.4. The summed E-state index contributed by atoms with van der Waals surface area (Å²) in [6, 6.07) is 5.39. The molecule has 1 nitrogen and oxygen atoms in total. The summed E-state index contributed by atoms with van der Waals surface area (Å²) in [6.07, 6.45) is -3.79. The van der Waals surface area contributed by atoms with Crippen LogP contribution in [0.1, 0.15) is 12.0 Å². The lowest BCUT2D eigenvalue weighted by atomic mass is 10.1. The van der Waals surface area contributed by atoms with E-state index in [9.17, 15) is 13.2 Å². The number of aryl methyl sites for hydroxylation is 1. The molecule has 0 aliphatic carbocycles. The summed E-state index contributed by atoms with van der Waals surface area (Å²) >= 11 is 5.68. The minimum atomic E-state index is -4.19. The molecule has 0 aliphatic rings. The molecule has 0 aliphatic heterocycles. The standard InChI is InChI=1S/C11H13ClF3N/c1-16-10(11(13,14)15)7-4-8-2-5-9(12)6-3-8/h2-3,5-6,10,16H,4,7H2,1H3.